The fourth-order valence-corrected chi connectivity index (χ4v) is 3.02. The zero-order valence-electron chi connectivity index (χ0n) is 13.8. The van der Waals surface area contributed by atoms with E-state index in [-0.39, 0.29) is 0 Å². The number of hydrogen-bond donors (Lipinski definition) is 1. The quantitative estimate of drug-likeness (QED) is 0.814. The largest absolute Gasteiger partial charge is 0.309 e. The average Bonchev–Trinajstić information content (AvgIpc) is 3.23. The highest BCUT2D eigenvalue weighted by Crippen LogP contribution is 2.26. The van der Waals surface area contributed by atoms with Crippen molar-refractivity contribution in [2.75, 3.05) is 19.6 Å². The van der Waals surface area contributed by atoms with Gasteiger partial charge in [0.25, 0.3) is 0 Å². The van der Waals surface area contributed by atoms with Crippen LogP contribution in [-0.4, -0.2) is 30.6 Å². The van der Waals surface area contributed by atoms with Gasteiger partial charge in [-0.15, -0.1) is 0 Å². The smallest absolute Gasteiger partial charge is 0.0295 e. The van der Waals surface area contributed by atoms with Crippen LogP contribution in [-0.2, 0) is 0 Å². The molecule has 0 bridgehead atoms. The number of rotatable bonds is 7. The van der Waals surface area contributed by atoms with Gasteiger partial charge in [0.1, 0.15) is 0 Å². The molecule has 1 aromatic carbocycles. The monoisotopic (exact) mass is 274 g/mol. The van der Waals surface area contributed by atoms with Gasteiger partial charge in [0.2, 0.25) is 0 Å². The highest BCUT2D eigenvalue weighted by Gasteiger charge is 2.27. The molecule has 0 radical (unpaired) electrons. The number of aryl methyl sites for hydroxylation is 3. The summed E-state index contributed by atoms with van der Waals surface area (Å²) in [6.45, 7) is 14.6. The third-order valence-electron chi connectivity index (χ3n) is 4.67. The molecule has 1 saturated carbocycles. The summed E-state index contributed by atoms with van der Waals surface area (Å²) >= 11 is 0. The molecule has 1 aliphatic carbocycles. The Labute approximate surface area is 124 Å². The van der Waals surface area contributed by atoms with E-state index < -0.39 is 0 Å². The molecule has 0 heterocycles. The van der Waals surface area contributed by atoms with E-state index in [1.54, 1.807) is 0 Å². The molecule has 2 heteroatoms. The Balaban J connectivity index is 1.88. The second kappa shape index (κ2) is 6.73. The molecule has 0 saturated heterocycles. The average molecular weight is 274 g/mol. The van der Waals surface area contributed by atoms with Gasteiger partial charge in [-0.25, -0.2) is 0 Å². The van der Waals surface area contributed by atoms with Crippen LogP contribution in [0.25, 0.3) is 0 Å². The van der Waals surface area contributed by atoms with E-state index in [1.165, 1.54) is 48.2 Å². The maximum absolute atomic E-state index is 3.69. The first-order valence-electron chi connectivity index (χ1n) is 8.08. The first kappa shape index (κ1) is 15.5. The Bertz CT molecular complexity index is 449. The highest BCUT2D eigenvalue weighted by atomic mass is 15.2. The maximum atomic E-state index is 3.69. The van der Waals surface area contributed by atoms with Crippen molar-refractivity contribution in [3.05, 3.63) is 34.4 Å². The van der Waals surface area contributed by atoms with Crippen molar-refractivity contribution in [1.29, 1.82) is 0 Å². The van der Waals surface area contributed by atoms with Crippen LogP contribution in [0, 0.1) is 20.8 Å². The zero-order chi connectivity index (χ0) is 14.7. The molecular weight excluding hydrogens is 244 g/mol. The lowest BCUT2D eigenvalue weighted by molar-refractivity contribution is 0.273. The van der Waals surface area contributed by atoms with Gasteiger partial charge in [0, 0.05) is 25.2 Å². The summed E-state index contributed by atoms with van der Waals surface area (Å²) in [4.78, 5) is 2.60. The summed E-state index contributed by atoms with van der Waals surface area (Å²) in [5.41, 5.74) is 5.64. The Morgan fingerprint density at radius 3 is 2.40 bits per heavy atom. The van der Waals surface area contributed by atoms with Crippen molar-refractivity contribution < 1.29 is 0 Å². The number of nitrogens with one attached hydrogen (secondary N) is 1. The van der Waals surface area contributed by atoms with Gasteiger partial charge in [-0.2, -0.15) is 0 Å². The fourth-order valence-electron chi connectivity index (χ4n) is 3.02. The summed E-state index contributed by atoms with van der Waals surface area (Å²) in [5, 5.41) is 3.69. The Kier molecular flexibility index (Phi) is 5.22. The lowest BCUT2D eigenvalue weighted by Gasteiger charge is -2.23. The van der Waals surface area contributed by atoms with Crippen LogP contribution < -0.4 is 5.32 Å². The normalized spacial score (nSPS) is 16.7. The lowest BCUT2D eigenvalue weighted by atomic mass is 9.96. The molecule has 1 unspecified atom stereocenters. The van der Waals surface area contributed by atoms with Gasteiger partial charge in [0.15, 0.2) is 0 Å². The SMILES string of the molecule is CCN(CCNC(C)c1cc(C)c(C)cc1C)C1CC1. The van der Waals surface area contributed by atoms with Crippen LogP contribution in [0.2, 0.25) is 0 Å². The van der Waals surface area contributed by atoms with Crippen LogP contribution in [0.5, 0.6) is 0 Å². The molecule has 1 N–H and O–H groups in total. The van der Waals surface area contributed by atoms with E-state index in [2.05, 4.69) is 57.0 Å². The topological polar surface area (TPSA) is 15.3 Å². The lowest BCUT2D eigenvalue weighted by Crippen LogP contribution is -2.34. The molecule has 0 aromatic heterocycles. The summed E-state index contributed by atoms with van der Waals surface area (Å²) in [6, 6.07) is 5.97. The van der Waals surface area contributed by atoms with Crippen LogP contribution in [0.3, 0.4) is 0 Å². The van der Waals surface area contributed by atoms with Crippen molar-refractivity contribution in [3.8, 4) is 0 Å². The first-order chi connectivity index (χ1) is 9.52. The molecule has 0 spiro atoms. The maximum Gasteiger partial charge on any atom is 0.0295 e. The van der Waals surface area contributed by atoms with E-state index in [0.29, 0.717) is 6.04 Å². The molecule has 1 aromatic rings. The van der Waals surface area contributed by atoms with Gasteiger partial charge >= 0.3 is 0 Å². The van der Waals surface area contributed by atoms with E-state index in [0.717, 1.165) is 12.6 Å². The van der Waals surface area contributed by atoms with Crippen LogP contribution in [0.15, 0.2) is 12.1 Å². The molecule has 2 nitrogen and oxygen atoms in total. The van der Waals surface area contributed by atoms with E-state index in [4.69, 9.17) is 0 Å². The van der Waals surface area contributed by atoms with E-state index in [1.807, 2.05) is 0 Å². The fraction of sp³-hybridized carbons (Fsp3) is 0.667. The minimum atomic E-state index is 0.437. The third kappa shape index (κ3) is 3.83. The molecular formula is C18H30N2. The van der Waals surface area contributed by atoms with Crippen molar-refractivity contribution in [2.45, 2.75) is 59.5 Å². The molecule has 112 valence electrons. The highest BCUT2D eigenvalue weighted by molar-refractivity contribution is 5.37. The number of benzene rings is 1. The predicted molar refractivity (Wildman–Crippen MR) is 87.3 cm³/mol. The molecule has 0 aliphatic heterocycles. The summed E-state index contributed by atoms with van der Waals surface area (Å²) < 4.78 is 0. The molecule has 1 fully saturated rings. The van der Waals surface area contributed by atoms with Gasteiger partial charge < -0.3 is 5.32 Å². The Morgan fingerprint density at radius 1 is 1.15 bits per heavy atom. The van der Waals surface area contributed by atoms with Crippen LogP contribution in [0.1, 0.15) is 55.0 Å². The van der Waals surface area contributed by atoms with Gasteiger partial charge in [-0.3, -0.25) is 4.90 Å². The molecule has 0 amide bonds. The van der Waals surface area contributed by atoms with Crippen LogP contribution >= 0.6 is 0 Å². The Hall–Kier alpha value is -0.860. The van der Waals surface area contributed by atoms with Crippen molar-refractivity contribution in [2.24, 2.45) is 0 Å². The van der Waals surface area contributed by atoms with Gasteiger partial charge in [0.05, 0.1) is 0 Å². The standard InChI is InChI=1S/C18H30N2/c1-6-20(17-7-8-17)10-9-19-16(5)18-12-14(3)13(2)11-15(18)4/h11-12,16-17,19H,6-10H2,1-5H3. The summed E-state index contributed by atoms with van der Waals surface area (Å²) in [7, 11) is 0. The number of hydrogen-bond acceptors (Lipinski definition) is 2. The molecule has 2 rings (SSSR count). The minimum absolute atomic E-state index is 0.437. The Morgan fingerprint density at radius 2 is 1.80 bits per heavy atom. The van der Waals surface area contributed by atoms with E-state index >= 15 is 0 Å². The number of nitrogens with zero attached hydrogens (tertiary/aromatic N) is 1. The summed E-state index contributed by atoms with van der Waals surface area (Å²) in [6.07, 6.45) is 2.80. The van der Waals surface area contributed by atoms with Crippen molar-refractivity contribution in [1.82, 2.24) is 10.2 Å². The second-order valence-corrected chi connectivity index (χ2v) is 6.33. The number of likely N-dealkylation sites (N-methyl/N-ethyl adjacent to an activating group) is 1. The third-order valence-corrected chi connectivity index (χ3v) is 4.67. The minimum Gasteiger partial charge on any atom is -0.309 e. The van der Waals surface area contributed by atoms with Gasteiger partial charge in [-0.1, -0.05) is 19.1 Å². The molecule has 1 aliphatic rings. The molecule has 20 heavy (non-hydrogen) atoms. The van der Waals surface area contributed by atoms with Crippen molar-refractivity contribution >= 4 is 0 Å². The summed E-state index contributed by atoms with van der Waals surface area (Å²) in [5.74, 6) is 0. The van der Waals surface area contributed by atoms with Gasteiger partial charge in [-0.05, 0) is 69.3 Å². The first-order valence-corrected chi connectivity index (χ1v) is 8.08. The second-order valence-electron chi connectivity index (χ2n) is 6.33. The molecule has 1 atom stereocenters. The predicted octanol–water partition coefficient (Wildman–Crippen LogP) is 3.75. The van der Waals surface area contributed by atoms with Crippen LogP contribution in [0.4, 0.5) is 0 Å². The zero-order valence-corrected chi connectivity index (χ0v) is 13.8. The van der Waals surface area contributed by atoms with E-state index in [9.17, 15) is 0 Å². The van der Waals surface area contributed by atoms with Crippen molar-refractivity contribution in [3.63, 3.8) is 0 Å².